The van der Waals surface area contributed by atoms with E-state index in [1.54, 1.807) is 0 Å². The highest BCUT2D eigenvalue weighted by Gasteiger charge is 2.19. The summed E-state index contributed by atoms with van der Waals surface area (Å²) in [4.78, 5) is 4.70. The zero-order valence-electron chi connectivity index (χ0n) is 10.3. The summed E-state index contributed by atoms with van der Waals surface area (Å²) in [5.41, 5.74) is 4.09. The van der Waals surface area contributed by atoms with Crippen LogP contribution in [0.1, 0.15) is 36.8 Å². The van der Waals surface area contributed by atoms with Crippen LogP contribution in [0.3, 0.4) is 0 Å². The fourth-order valence-corrected chi connectivity index (χ4v) is 2.80. The second-order valence-electron chi connectivity index (χ2n) is 4.95. The third-order valence-electron chi connectivity index (χ3n) is 3.72. The third-order valence-corrected chi connectivity index (χ3v) is 3.72. The molecule has 1 heterocycles. The molecule has 0 amide bonds. The summed E-state index contributed by atoms with van der Waals surface area (Å²) in [5, 5.41) is 6.52. The number of aliphatic imine (C=N–C) groups is 1. The molecule has 1 atom stereocenters. The molecule has 2 N–H and O–H groups in total. The molecular formula is C14H19N3. The van der Waals surface area contributed by atoms with E-state index in [0.717, 1.165) is 24.7 Å². The Bertz CT molecular complexity index is 443. The van der Waals surface area contributed by atoms with E-state index >= 15 is 0 Å². The van der Waals surface area contributed by atoms with Crippen molar-refractivity contribution < 1.29 is 0 Å². The molecule has 17 heavy (non-hydrogen) atoms. The van der Waals surface area contributed by atoms with Crippen LogP contribution in [0.2, 0.25) is 0 Å². The largest absolute Gasteiger partial charge is 0.354 e. The number of rotatable bonds is 1. The average Bonchev–Trinajstić information content (AvgIpc) is 2.83. The topological polar surface area (TPSA) is 36.4 Å². The second kappa shape index (κ2) is 4.40. The van der Waals surface area contributed by atoms with Crippen molar-refractivity contribution in [1.82, 2.24) is 10.6 Å². The van der Waals surface area contributed by atoms with Crippen molar-refractivity contribution in [2.24, 2.45) is 4.99 Å². The first-order valence-corrected chi connectivity index (χ1v) is 6.53. The van der Waals surface area contributed by atoms with Crippen molar-refractivity contribution in [2.45, 2.75) is 32.1 Å². The van der Waals surface area contributed by atoms with Crippen LogP contribution in [-0.2, 0) is 6.42 Å². The van der Waals surface area contributed by atoms with Gasteiger partial charge in [-0.1, -0.05) is 19.1 Å². The van der Waals surface area contributed by atoms with Gasteiger partial charge in [-0.25, -0.2) is 4.99 Å². The lowest BCUT2D eigenvalue weighted by Crippen LogP contribution is -2.23. The van der Waals surface area contributed by atoms with E-state index in [-0.39, 0.29) is 0 Å². The minimum absolute atomic E-state index is 0.684. The quantitative estimate of drug-likeness (QED) is 0.775. The number of guanidine groups is 1. The second-order valence-corrected chi connectivity index (χ2v) is 4.95. The third kappa shape index (κ3) is 2.02. The maximum atomic E-state index is 4.70. The molecule has 3 nitrogen and oxygen atoms in total. The monoisotopic (exact) mass is 229 g/mol. The lowest BCUT2D eigenvalue weighted by atomic mass is 9.83. The molecule has 0 radical (unpaired) electrons. The minimum atomic E-state index is 0.684. The molecule has 1 aromatic rings. The van der Waals surface area contributed by atoms with E-state index in [1.807, 2.05) is 0 Å². The molecule has 0 aromatic heterocycles. The van der Waals surface area contributed by atoms with Gasteiger partial charge in [0.15, 0.2) is 5.96 Å². The van der Waals surface area contributed by atoms with Gasteiger partial charge in [-0.2, -0.15) is 0 Å². The Kier molecular flexibility index (Phi) is 2.75. The van der Waals surface area contributed by atoms with Crippen LogP contribution in [0.15, 0.2) is 23.2 Å². The first-order chi connectivity index (χ1) is 8.34. The number of hydrogen-bond acceptors (Lipinski definition) is 1. The molecule has 3 heteroatoms. The number of nitrogens with zero attached hydrogens (tertiary/aromatic N) is 1. The maximum Gasteiger partial charge on any atom is 0.196 e. The van der Waals surface area contributed by atoms with Gasteiger partial charge in [0.2, 0.25) is 0 Å². The Hall–Kier alpha value is -1.51. The predicted octanol–water partition coefficient (Wildman–Crippen LogP) is 2.31. The Morgan fingerprint density at radius 1 is 1.24 bits per heavy atom. The van der Waals surface area contributed by atoms with Crippen molar-refractivity contribution in [3.8, 4) is 0 Å². The fourth-order valence-electron chi connectivity index (χ4n) is 2.80. The molecule has 1 fully saturated rings. The van der Waals surface area contributed by atoms with Crippen LogP contribution in [-0.4, -0.2) is 19.0 Å². The predicted molar refractivity (Wildman–Crippen MR) is 70.9 cm³/mol. The summed E-state index contributed by atoms with van der Waals surface area (Å²) >= 11 is 0. The van der Waals surface area contributed by atoms with Crippen molar-refractivity contribution in [3.63, 3.8) is 0 Å². The Morgan fingerprint density at radius 3 is 2.88 bits per heavy atom. The highest BCUT2D eigenvalue weighted by Crippen LogP contribution is 2.36. The zero-order chi connectivity index (χ0) is 11.7. The maximum absolute atomic E-state index is 4.70. The molecule has 0 bridgehead atoms. The van der Waals surface area contributed by atoms with Gasteiger partial charge in [-0.3, -0.25) is 0 Å². The number of benzene rings is 1. The van der Waals surface area contributed by atoms with E-state index in [0.29, 0.717) is 5.92 Å². The fraction of sp³-hybridized carbons (Fsp3) is 0.500. The molecule has 1 unspecified atom stereocenters. The number of hydrogen-bond donors (Lipinski definition) is 2. The van der Waals surface area contributed by atoms with E-state index < -0.39 is 0 Å². The molecule has 0 spiro atoms. The molecular weight excluding hydrogens is 210 g/mol. The van der Waals surface area contributed by atoms with Crippen molar-refractivity contribution in [1.29, 1.82) is 0 Å². The van der Waals surface area contributed by atoms with Crippen molar-refractivity contribution in [3.05, 3.63) is 29.3 Å². The molecule has 1 aromatic carbocycles. The first-order valence-electron chi connectivity index (χ1n) is 6.53. The van der Waals surface area contributed by atoms with Gasteiger partial charge in [0.1, 0.15) is 0 Å². The van der Waals surface area contributed by atoms with Crippen LogP contribution < -0.4 is 10.6 Å². The van der Waals surface area contributed by atoms with Crippen LogP contribution in [0, 0.1) is 0 Å². The Labute approximate surface area is 102 Å². The van der Waals surface area contributed by atoms with Gasteiger partial charge in [0.25, 0.3) is 0 Å². The highest BCUT2D eigenvalue weighted by molar-refractivity contribution is 5.84. The van der Waals surface area contributed by atoms with E-state index in [9.17, 15) is 0 Å². The normalized spacial score (nSPS) is 22.6. The highest BCUT2D eigenvalue weighted by atomic mass is 15.2. The summed E-state index contributed by atoms with van der Waals surface area (Å²) in [6.07, 6.45) is 3.77. The lowest BCUT2D eigenvalue weighted by Gasteiger charge is -2.23. The standard InChI is InChI=1S/C14H19N3/c1-10-4-2-6-12-11(10)5-3-7-13(12)17-14-15-8-9-16-14/h3,5,7,10H,2,4,6,8-9H2,1H3,(H2,15,16,17). The lowest BCUT2D eigenvalue weighted by molar-refractivity contribution is 0.591. The Morgan fingerprint density at radius 2 is 2.06 bits per heavy atom. The summed E-state index contributed by atoms with van der Waals surface area (Å²) in [7, 11) is 0. The molecule has 1 aliphatic carbocycles. The molecule has 1 aliphatic heterocycles. The van der Waals surface area contributed by atoms with Crippen LogP contribution >= 0.6 is 0 Å². The van der Waals surface area contributed by atoms with Gasteiger partial charge >= 0.3 is 0 Å². The van der Waals surface area contributed by atoms with Crippen LogP contribution in [0.4, 0.5) is 5.69 Å². The Balaban J connectivity index is 1.99. The molecule has 0 saturated carbocycles. The van der Waals surface area contributed by atoms with Gasteiger partial charge in [-0.05, 0) is 42.4 Å². The van der Waals surface area contributed by atoms with Crippen molar-refractivity contribution >= 4 is 11.6 Å². The average molecular weight is 229 g/mol. The number of nitrogens with one attached hydrogen (secondary N) is 2. The van der Waals surface area contributed by atoms with Crippen molar-refractivity contribution in [2.75, 3.05) is 13.1 Å². The summed E-state index contributed by atoms with van der Waals surface area (Å²) in [5.74, 6) is 1.61. The molecule has 90 valence electrons. The van der Waals surface area contributed by atoms with Gasteiger partial charge < -0.3 is 10.6 Å². The summed E-state index contributed by atoms with van der Waals surface area (Å²) < 4.78 is 0. The van der Waals surface area contributed by atoms with Gasteiger partial charge in [0, 0.05) is 13.1 Å². The minimum Gasteiger partial charge on any atom is -0.354 e. The first kappa shape index (κ1) is 10.6. The van der Waals surface area contributed by atoms with Gasteiger partial charge in [0.05, 0.1) is 5.69 Å². The van der Waals surface area contributed by atoms with E-state index in [2.05, 4.69) is 35.8 Å². The number of fused-ring (bicyclic) bond motifs is 1. The van der Waals surface area contributed by atoms with E-state index in [4.69, 9.17) is 4.99 Å². The summed E-state index contributed by atoms with van der Waals surface area (Å²) in [6, 6.07) is 6.53. The van der Waals surface area contributed by atoms with Crippen LogP contribution in [0.5, 0.6) is 0 Å². The molecule has 1 saturated heterocycles. The van der Waals surface area contributed by atoms with E-state index in [1.165, 1.54) is 30.4 Å². The molecule has 3 rings (SSSR count). The van der Waals surface area contributed by atoms with Crippen LogP contribution in [0.25, 0.3) is 0 Å². The smallest absolute Gasteiger partial charge is 0.196 e. The molecule has 2 aliphatic rings. The zero-order valence-corrected chi connectivity index (χ0v) is 10.3. The summed E-state index contributed by atoms with van der Waals surface area (Å²) in [6.45, 7) is 4.27. The SMILES string of the molecule is CC1CCCc2c(N=C3NCCN3)cccc21. The van der Waals surface area contributed by atoms with Gasteiger partial charge in [-0.15, -0.1) is 0 Å².